The number of pyridine rings is 1. The van der Waals surface area contributed by atoms with Crippen molar-refractivity contribution >= 4 is 0 Å². The van der Waals surface area contributed by atoms with Gasteiger partial charge in [0.15, 0.2) is 0 Å². The van der Waals surface area contributed by atoms with Gasteiger partial charge in [0.1, 0.15) is 11.9 Å². The Morgan fingerprint density at radius 2 is 1.83 bits per heavy atom. The standard InChI is InChI=1S/C21H15F2N5.Pt/c1-21(2,17-11-13-28(27-17)14-6-4-3-5-7-14)16-10-12-24-20(25-16)15-8-9-18(22)26-19(15)23;/h3-6,9-13H,1-2H3;/q-2;+2. The van der Waals surface area contributed by atoms with Gasteiger partial charge < -0.3 is 0 Å². The molecule has 0 saturated heterocycles. The maximum absolute atomic E-state index is 14.0. The molecular formula is C21H15F2N5Pt. The fourth-order valence-electron chi connectivity index (χ4n) is 2.81. The van der Waals surface area contributed by atoms with Crippen LogP contribution in [0.4, 0.5) is 8.78 Å². The first-order valence-corrected chi connectivity index (χ1v) is 8.56. The van der Waals surface area contributed by atoms with Gasteiger partial charge in [0.25, 0.3) is 0 Å². The van der Waals surface area contributed by atoms with E-state index in [0.29, 0.717) is 5.69 Å². The Bertz CT molecular complexity index is 1130. The van der Waals surface area contributed by atoms with E-state index in [2.05, 4.69) is 32.2 Å². The zero-order valence-electron chi connectivity index (χ0n) is 15.5. The number of para-hydroxylation sites is 1. The summed E-state index contributed by atoms with van der Waals surface area (Å²) in [5.74, 6) is -1.86. The fourth-order valence-corrected chi connectivity index (χ4v) is 2.81. The quantitative estimate of drug-likeness (QED) is 0.276. The minimum Gasteiger partial charge on any atom is -0.291 e. The number of halogens is 2. The summed E-state index contributed by atoms with van der Waals surface area (Å²) in [5, 5.41) is 4.64. The topological polar surface area (TPSA) is 56.5 Å². The third-order valence-corrected chi connectivity index (χ3v) is 4.44. The van der Waals surface area contributed by atoms with Gasteiger partial charge in [-0.1, -0.05) is 11.6 Å². The zero-order chi connectivity index (χ0) is 19.7. The van der Waals surface area contributed by atoms with Crippen molar-refractivity contribution in [2.75, 3.05) is 0 Å². The van der Waals surface area contributed by atoms with E-state index in [1.54, 1.807) is 10.7 Å². The van der Waals surface area contributed by atoms with Crippen LogP contribution in [-0.4, -0.2) is 24.7 Å². The third-order valence-electron chi connectivity index (χ3n) is 4.44. The molecule has 0 aliphatic rings. The largest absolute Gasteiger partial charge is 2.00 e. The fraction of sp³-hybridized carbons (Fsp3) is 0.143. The van der Waals surface area contributed by atoms with Crippen LogP contribution in [0, 0.1) is 24.0 Å². The Hall–Kier alpha value is -2.79. The van der Waals surface area contributed by atoms with Crippen molar-refractivity contribution in [1.29, 1.82) is 0 Å². The Kier molecular flexibility index (Phi) is 5.98. The molecule has 8 heteroatoms. The molecule has 0 aliphatic heterocycles. The molecule has 0 saturated carbocycles. The zero-order valence-corrected chi connectivity index (χ0v) is 17.8. The summed E-state index contributed by atoms with van der Waals surface area (Å²) >= 11 is 0. The van der Waals surface area contributed by atoms with Crippen LogP contribution in [-0.2, 0) is 26.5 Å². The van der Waals surface area contributed by atoms with Gasteiger partial charge in [-0.2, -0.15) is 29.4 Å². The first-order valence-electron chi connectivity index (χ1n) is 8.56. The van der Waals surface area contributed by atoms with E-state index in [-0.39, 0.29) is 32.5 Å². The maximum atomic E-state index is 14.0. The Morgan fingerprint density at radius 1 is 1.00 bits per heavy atom. The number of rotatable bonds is 4. The van der Waals surface area contributed by atoms with Crippen LogP contribution in [0.1, 0.15) is 25.2 Å². The maximum Gasteiger partial charge on any atom is 2.00 e. The van der Waals surface area contributed by atoms with Gasteiger partial charge in [-0.25, -0.2) is 8.78 Å². The monoisotopic (exact) mass is 570 g/mol. The molecule has 0 amide bonds. The minimum atomic E-state index is -1.00. The molecule has 4 rings (SSSR count). The molecule has 0 aliphatic carbocycles. The summed E-state index contributed by atoms with van der Waals surface area (Å²) in [5.41, 5.74) is 1.57. The van der Waals surface area contributed by atoms with Crippen molar-refractivity contribution in [3.8, 4) is 17.1 Å². The Labute approximate surface area is 181 Å². The molecule has 148 valence electrons. The van der Waals surface area contributed by atoms with Crippen molar-refractivity contribution in [2.45, 2.75) is 19.3 Å². The molecule has 0 atom stereocenters. The minimum absolute atomic E-state index is 0. The molecule has 0 fully saturated rings. The van der Waals surface area contributed by atoms with Crippen molar-refractivity contribution in [2.24, 2.45) is 0 Å². The van der Waals surface area contributed by atoms with E-state index in [1.807, 2.05) is 50.4 Å². The molecule has 3 aromatic heterocycles. The van der Waals surface area contributed by atoms with Gasteiger partial charge in [-0.3, -0.25) is 19.6 Å². The van der Waals surface area contributed by atoms with E-state index in [4.69, 9.17) is 0 Å². The van der Waals surface area contributed by atoms with E-state index in [0.717, 1.165) is 17.4 Å². The van der Waals surface area contributed by atoms with E-state index in [1.165, 1.54) is 6.20 Å². The predicted molar refractivity (Wildman–Crippen MR) is 98.5 cm³/mol. The van der Waals surface area contributed by atoms with Crippen LogP contribution in [0.15, 0.2) is 54.9 Å². The summed E-state index contributed by atoms with van der Waals surface area (Å²) in [6, 6.07) is 17.8. The molecule has 0 radical (unpaired) electrons. The van der Waals surface area contributed by atoms with E-state index in [9.17, 15) is 8.78 Å². The molecule has 1 aromatic carbocycles. The Morgan fingerprint density at radius 3 is 2.55 bits per heavy atom. The molecular weight excluding hydrogens is 555 g/mol. The van der Waals surface area contributed by atoms with Crippen LogP contribution in [0.25, 0.3) is 17.1 Å². The van der Waals surface area contributed by atoms with Crippen molar-refractivity contribution in [1.82, 2.24) is 24.7 Å². The summed E-state index contributed by atoms with van der Waals surface area (Å²) < 4.78 is 28.8. The van der Waals surface area contributed by atoms with E-state index < -0.39 is 17.3 Å². The number of hydrogen-bond acceptors (Lipinski definition) is 4. The van der Waals surface area contributed by atoms with Crippen LogP contribution in [0.3, 0.4) is 0 Å². The normalized spacial score (nSPS) is 11.2. The number of benzene rings is 1. The molecule has 0 bridgehead atoms. The van der Waals surface area contributed by atoms with Crippen molar-refractivity contribution in [3.05, 3.63) is 90.3 Å². The first-order chi connectivity index (χ1) is 13.4. The third kappa shape index (κ3) is 4.15. The molecule has 0 N–H and O–H groups in total. The summed E-state index contributed by atoms with van der Waals surface area (Å²) in [6.45, 7) is 3.92. The smallest absolute Gasteiger partial charge is 0.291 e. The van der Waals surface area contributed by atoms with Gasteiger partial charge in [0.05, 0.1) is 16.9 Å². The van der Waals surface area contributed by atoms with Crippen LogP contribution in [0.5, 0.6) is 0 Å². The van der Waals surface area contributed by atoms with Crippen LogP contribution in [0.2, 0.25) is 0 Å². The second kappa shape index (κ2) is 8.29. The molecule has 5 nitrogen and oxygen atoms in total. The molecule has 3 heterocycles. The van der Waals surface area contributed by atoms with Crippen molar-refractivity contribution < 1.29 is 29.8 Å². The number of hydrogen-bond donors (Lipinski definition) is 0. The second-order valence-electron chi connectivity index (χ2n) is 6.67. The SMILES string of the molecule is CC(C)(c1ccnc(-c2[c-]cc(F)nc2F)n1)c1ccn(-c2[c-]cccc2)n1.[Pt+2]. The van der Waals surface area contributed by atoms with Crippen LogP contribution >= 0.6 is 0 Å². The van der Waals surface area contributed by atoms with Gasteiger partial charge in [0.2, 0.25) is 0 Å². The summed E-state index contributed by atoms with van der Waals surface area (Å²) in [4.78, 5) is 11.7. The van der Waals surface area contributed by atoms with Gasteiger partial charge in [-0.05, 0) is 31.7 Å². The average molecular weight is 570 g/mol. The van der Waals surface area contributed by atoms with Crippen molar-refractivity contribution in [3.63, 3.8) is 0 Å². The number of aromatic nitrogens is 5. The van der Waals surface area contributed by atoms with Crippen LogP contribution < -0.4 is 0 Å². The van der Waals surface area contributed by atoms with Gasteiger partial charge in [-0.15, -0.1) is 12.1 Å². The first kappa shape index (κ1) is 20.9. The Balaban J connectivity index is 0.00000240. The van der Waals surface area contributed by atoms with Gasteiger partial charge >= 0.3 is 21.1 Å². The average Bonchev–Trinajstić information content (AvgIpc) is 3.20. The number of nitrogens with zero attached hydrogens (tertiary/aromatic N) is 5. The predicted octanol–water partition coefficient (Wildman–Crippen LogP) is 3.93. The summed E-state index contributed by atoms with van der Waals surface area (Å²) in [7, 11) is 0. The van der Waals surface area contributed by atoms with Gasteiger partial charge in [0, 0.05) is 18.1 Å². The molecule has 0 spiro atoms. The molecule has 0 unspecified atom stereocenters. The second-order valence-corrected chi connectivity index (χ2v) is 6.67. The van der Waals surface area contributed by atoms with E-state index >= 15 is 0 Å². The summed E-state index contributed by atoms with van der Waals surface area (Å²) in [6.07, 6.45) is 3.38. The molecule has 29 heavy (non-hydrogen) atoms. The molecule has 4 aromatic rings.